The van der Waals surface area contributed by atoms with Crippen molar-refractivity contribution < 1.29 is 9.47 Å². The van der Waals surface area contributed by atoms with Crippen molar-refractivity contribution in [3.8, 4) is 0 Å². The van der Waals surface area contributed by atoms with Crippen molar-refractivity contribution in [1.29, 1.82) is 0 Å². The first kappa shape index (κ1) is 9.88. The zero-order chi connectivity index (χ0) is 9.80. The Hall–Kier alpha value is -0.660. The second-order valence-corrected chi connectivity index (χ2v) is 4.48. The van der Waals surface area contributed by atoms with E-state index in [4.69, 9.17) is 9.47 Å². The summed E-state index contributed by atoms with van der Waals surface area (Å²) in [7, 11) is 0. The fourth-order valence-corrected chi connectivity index (χ4v) is 2.63. The quantitative estimate of drug-likeness (QED) is 0.641. The number of rotatable bonds is 1. The standard InChI is InChI=1S/C12H20O2/c1-10-13-8-7-12(9-14-10)11-5-3-2-4-6-11/h11-12H,1-9H2. The van der Waals surface area contributed by atoms with Crippen LogP contribution in [0, 0.1) is 11.8 Å². The lowest BCUT2D eigenvalue weighted by Gasteiger charge is -2.28. The third kappa shape index (κ3) is 2.43. The summed E-state index contributed by atoms with van der Waals surface area (Å²) in [5, 5.41) is 0. The normalized spacial score (nSPS) is 30.3. The minimum atomic E-state index is 0.517. The van der Waals surface area contributed by atoms with E-state index in [1.165, 1.54) is 32.1 Å². The van der Waals surface area contributed by atoms with Crippen LogP contribution in [0.4, 0.5) is 0 Å². The minimum Gasteiger partial charge on any atom is -0.466 e. The molecule has 0 N–H and O–H groups in total. The van der Waals surface area contributed by atoms with Gasteiger partial charge >= 0.3 is 0 Å². The maximum atomic E-state index is 5.45. The molecule has 0 aromatic heterocycles. The topological polar surface area (TPSA) is 18.5 Å². The highest BCUT2D eigenvalue weighted by molar-refractivity contribution is 4.79. The molecule has 14 heavy (non-hydrogen) atoms. The summed E-state index contributed by atoms with van der Waals surface area (Å²) in [5.74, 6) is 2.09. The SMILES string of the molecule is C=C1OCCC(C2CCCCC2)CO1. The van der Waals surface area contributed by atoms with Crippen LogP contribution in [0.1, 0.15) is 38.5 Å². The highest BCUT2D eigenvalue weighted by atomic mass is 16.7. The highest BCUT2D eigenvalue weighted by Crippen LogP contribution is 2.33. The van der Waals surface area contributed by atoms with E-state index < -0.39 is 0 Å². The van der Waals surface area contributed by atoms with E-state index in [2.05, 4.69) is 6.58 Å². The van der Waals surface area contributed by atoms with Gasteiger partial charge in [0.05, 0.1) is 13.2 Å². The molecule has 1 unspecified atom stereocenters. The van der Waals surface area contributed by atoms with Crippen molar-refractivity contribution in [3.63, 3.8) is 0 Å². The second kappa shape index (κ2) is 4.72. The predicted octanol–water partition coefficient (Wildman–Crippen LogP) is 3.09. The van der Waals surface area contributed by atoms with E-state index in [1.54, 1.807) is 0 Å². The van der Waals surface area contributed by atoms with Crippen molar-refractivity contribution >= 4 is 0 Å². The summed E-state index contributed by atoms with van der Waals surface area (Å²) >= 11 is 0. The number of ether oxygens (including phenoxy) is 2. The molecule has 0 bridgehead atoms. The van der Waals surface area contributed by atoms with Gasteiger partial charge in [-0.1, -0.05) is 32.1 Å². The Morgan fingerprint density at radius 3 is 2.50 bits per heavy atom. The summed E-state index contributed by atoms with van der Waals surface area (Å²) < 4.78 is 10.8. The molecule has 1 saturated carbocycles. The van der Waals surface area contributed by atoms with Gasteiger partial charge < -0.3 is 9.47 Å². The van der Waals surface area contributed by atoms with Crippen molar-refractivity contribution in [2.45, 2.75) is 38.5 Å². The maximum Gasteiger partial charge on any atom is 0.271 e. The Labute approximate surface area is 86.3 Å². The minimum absolute atomic E-state index is 0.517. The molecule has 1 heterocycles. The van der Waals surface area contributed by atoms with E-state index in [-0.39, 0.29) is 0 Å². The van der Waals surface area contributed by atoms with Crippen LogP contribution in [-0.2, 0) is 9.47 Å². The number of hydrogen-bond acceptors (Lipinski definition) is 2. The van der Waals surface area contributed by atoms with Crippen LogP contribution in [0.2, 0.25) is 0 Å². The fourth-order valence-electron chi connectivity index (χ4n) is 2.63. The summed E-state index contributed by atoms with van der Waals surface area (Å²) in [5.41, 5.74) is 0. The first-order valence-corrected chi connectivity index (χ1v) is 5.81. The molecule has 0 radical (unpaired) electrons. The third-order valence-corrected chi connectivity index (χ3v) is 3.53. The molecule has 0 spiro atoms. The van der Waals surface area contributed by atoms with Gasteiger partial charge in [-0.3, -0.25) is 0 Å². The van der Waals surface area contributed by atoms with Crippen LogP contribution >= 0.6 is 0 Å². The lowest BCUT2D eigenvalue weighted by Crippen LogP contribution is -2.21. The molecule has 2 rings (SSSR count). The van der Waals surface area contributed by atoms with Crippen LogP contribution in [0.15, 0.2) is 12.5 Å². The highest BCUT2D eigenvalue weighted by Gasteiger charge is 2.26. The summed E-state index contributed by atoms with van der Waals surface area (Å²) in [6, 6.07) is 0. The van der Waals surface area contributed by atoms with Crippen LogP contribution in [0.5, 0.6) is 0 Å². The van der Waals surface area contributed by atoms with Gasteiger partial charge in [-0.05, 0) is 24.8 Å². The molecule has 0 aromatic rings. The molecular weight excluding hydrogens is 176 g/mol. The van der Waals surface area contributed by atoms with Crippen molar-refractivity contribution in [2.75, 3.05) is 13.2 Å². The largest absolute Gasteiger partial charge is 0.466 e. The van der Waals surface area contributed by atoms with Crippen LogP contribution < -0.4 is 0 Å². The predicted molar refractivity (Wildman–Crippen MR) is 55.7 cm³/mol. The molecule has 2 heteroatoms. The monoisotopic (exact) mass is 196 g/mol. The van der Waals surface area contributed by atoms with E-state index in [0.29, 0.717) is 11.9 Å². The van der Waals surface area contributed by atoms with E-state index in [9.17, 15) is 0 Å². The summed E-state index contributed by atoms with van der Waals surface area (Å²) in [6.45, 7) is 5.32. The molecule has 1 aliphatic heterocycles. The Balaban J connectivity index is 1.86. The molecule has 2 nitrogen and oxygen atoms in total. The van der Waals surface area contributed by atoms with Crippen molar-refractivity contribution in [3.05, 3.63) is 12.5 Å². The first-order valence-electron chi connectivity index (χ1n) is 5.81. The van der Waals surface area contributed by atoms with Crippen molar-refractivity contribution in [2.24, 2.45) is 11.8 Å². The molecule has 0 amide bonds. The molecular formula is C12H20O2. The molecule has 1 aliphatic carbocycles. The Morgan fingerprint density at radius 1 is 0.929 bits per heavy atom. The Morgan fingerprint density at radius 2 is 1.71 bits per heavy atom. The summed E-state index contributed by atoms with van der Waals surface area (Å²) in [6.07, 6.45) is 8.16. The lowest BCUT2D eigenvalue weighted by molar-refractivity contribution is 0.0524. The zero-order valence-electron chi connectivity index (χ0n) is 8.84. The van der Waals surface area contributed by atoms with Crippen LogP contribution in [0.25, 0.3) is 0 Å². The fraction of sp³-hybridized carbons (Fsp3) is 0.833. The number of hydrogen-bond donors (Lipinski definition) is 0. The Kier molecular flexibility index (Phi) is 3.33. The van der Waals surface area contributed by atoms with E-state index in [0.717, 1.165) is 25.6 Å². The molecule has 80 valence electrons. The van der Waals surface area contributed by atoms with Gasteiger partial charge in [0.1, 0.15) is 0 Å². The van der Waals surface area contributed by atoms with Crippen LogP contribution in [-0.4, -0.2) is 13.2 Å². The summed E-state index contributed by atoms with van der Waals surface area (Å²) in [4.78, 5) is 0. The first-order chi connectivity index (χ1) is 6.86. The average molecular weight is 196 g/mol. The smallest absolute Gasteiger partial charge is 0.271 e. The molecule has 1 saturated heterocycles. The van der Waals surface area contributed by atoms with Gasteiger partial charge in [-0.2, -0.15) is 0 Å². The average Bonchev–Trinajstić information content (AvgIpc) is 2.44. The van der Waals surface area contributed by atoms with Gasteiger partial charge in [0.25, 0.3) is 5.95 Å². The van der Waals surface area contributed by atoms with Crippen LogP contribution in [0.3, 0.4) is 0 Å². The van der Waals surface area contributed by atoms with Gasteiger partial charge in [0.15, 0.2) is 0 Å². The maximum absolute atomic E-state index is 5.45. The van der Waals surface area contributed by atoms with Crippen molar-refractivity contribution in [1.82, 2.24) is 0 Å². The molecule has 2 aliphatic rings. The molecule has 1 atom stereocenters. The lowest BCUT2D eigenvalue weighted by atomic mass is 9.79. The zero-order valence-corrected chi connectivity index (χ0v) is 8.84. The van der Waals surface area contributed by atoms with Gasteiger partial charge in [0.2, 0.25) is 0 Å². The van der Waals surface area contributed by atoms with E-state index >= 15 is 0 Å². The van der Waals surface area contributed by atoms with Gasteiger partial charge in [-0.25, -0.2) is 0 Å². The van der Waals surface area contributed by atoms with Gasteiger partial charge in [-0.15, -0.1) is 0 Å². The van der Waals surface area contributed by atoms with E-state index in [1.807, 2.05) is 0 Å². The molecule has 2 fully saturated rings. The Bertz CT molecular complexity index is 194. The molecule has 0 aromatic carbocycles. The second-order valence-electron chi connectivity index (χ2n) is 4.48. The third-order valence-electron chi connectivity index (χ3n) is 3.53. The van der Waals surface area contributed by atoms with Gasteiger partial charge in [0, 0.05) is 0 Å².